The summed E-state index contributed by atoms with van der Waals surface area (Å²) in [5, 5.41) is 1.89. The van der Waals surface area contributed by atoms with Gasteiger partial charge < -0.3 is 9.64 Å². The summed E-state index contributed by atoms with van der Waals surface area (Å²) in [5.74, 6) is -1.63. The molecule has 4 rings (SSSR count). The molecule has 9 heteroatoms. The Morgan fingerprint density at radius 3 is 2.28 bits per heavy atom. The number of benzene rings is 1. The number of carbonyl (C=O) groups excluding carboxylic acids is 4. The normalized spacial score (nSPS) is 21.5. The van der Waals surface area contributed by atoms with Gasteiger partial charge in [-0.1, -0.05) is 18.2 Å². The van der Waals surface area contributed by atoms with Crippen LogP contribution in [0.3, 0.4) is 0 Å². The van der Waals surface area contributed by atoms with E-state index >= 15 is 0 Å². The van der Waals surface area contributed by atoms with Gasteiger partial charge in [-0.25, -0.2) is 0 Å². The number of amides is 3. The minimum Gasteiger partial charge on any atom is -0.459 e. The fraction of sp³-hybridized carbons (Fsp3) is 0.391. The van der Waals surface area contributed by atoms with E-state index in [9.17, 15) is 19.2 Å². The lowest BCUT2D eigenvalue weighted by Crippen LogP contribution is -2.52. The van der Waals surface area contributed by atoms with Crippen molar-refractivity contribution < 1.29 is 23.9 Å². The Morgan fingerprint density at radius 2 is 1.72 bits per heavy atom. The first-order valence-electron chi connectivity index (χ1n) is 10.3. The average molecular weight is 473 g/mol. The largest absolute Gasteiger partial charge is 0.459 e. The zero-order chi connectivity index (χ0) is 23.0. The molecule has 0 radical (unpaired) electrons. The number of rotatable bonds is 4. The van der Waals surface area contributed by atoms with Gasteiger partial charge in [-0.05, 0) is 44.4 Å². The summed E-state index contributed by atoms with van der Waals surface area (Å²) in [6.07, 6.45) is 0. The molecule has 2 aromatic rings. The summed E-state index contributed by atoms with van der Waals surface area (Å²) in [6, 6.07) is 9.51. The van der Waals surface area contributed by atoms with Crippen molar-refractivity contribution in [1.82, 2.24) is 9.80 Å². The number of ether oxygens (including phenoxy) is 1. The van der Waals surface area contributed by atoms with Crippen LogP contribution in [0.5, 0.6) is 0 Å². The van der Waals surface area contributed by atoms with Crippen molar-refractivity contribution in [2.45, 2.75) is 37.7 Å². The number of hydrogen-bond donors (Lipinski definition) is 0. The number of thiophene rings is 1. The molecule has 0 aliphatic carbocycles. The molecule has 0 saturated carbocycles. The molecule has 0 bridgehead atoms. The highest BCUT2D eigenvalue weighted by molar-refractivity contribution is 7.99. The van der Waals surface area contributed by atoms with Gasteiger partial charge in [0.15, 0.2) is 0 Å². The molecule has 2 atom stereocenters. The Labute approximate surface area is 194 Å². The number of imide groups is 1. The Hall–Kier alpha value is -2.65. The molecule has 1 fully saturated rings. The maximum Gasteiger partial charge on any atom is 0.326 e. The van der Waals surface area contributed by atoms with E-state index < -0.39 is 35.3 Å². The summed E-state index contributed by atoms with van der Waals surface area (Å²) in [5.41, 5.74) is -0.0865. The number of thioether (sulfide) groups is 1. The zero-order valence-corrected chi connectivity index (χ0v) is 19.7. The maximum atomic E-state index is 13.6. The van der Waals surface area contributed by atoms with Crippen LogP contribution < -0.4 is 0 Å². The monoisotopic (exact) mass is 472 g/mol. The van der Waals surface area contributed by atoms with E-state index in [0.29, 0.717) is 17.7 Å². The molecule has 3 amide bonds. The first-order chi connectivity index (χ1) is 15.2. The topological polar surface area (TPSA) is 84.0 Å². The van der Waals surface area contributed by atoms with Crippen LogP contribution in [0.4, 0.5) is 0 Å². The Bertz CT molecular complexity index is 1030. The average Bonchev–Trinajstić information content (AvgIpc) is 3.30. The summed E-state index contributed by atoms with van der Waals surface area (Å²) in [4.78, 5) is 55.7. The smallest absolute Gasteiger partial charge is 0.326 e. The third kappa shape index (κ3) is 4.45. The van der Waals surface area contributed by atoms with Crippen LogP contribution in [0.25, 0.3) is 0 Å². The van der Waals surface area contributed by atoms with E-state index in [4.69, 9.17) is 4.74 Å². The van der Waals surface area contributed by atoms with E-state index in [1.54, 1.807) is 56.4 Å². The summed E-state index contributed by atoms with van der Waals surface area (Å²) >= 11 is 3.09. The highest BCUT2D eigenvalue weighted by Gasteiger charge is 2.46. The minimum absolute atomic E-state index is 0.0680. The molecule has 0 spiro atoms. The van der Waals surface area contributed by atoms with Crippen molar-refractivity contribution in [2.24, 2.45) is 0 Å². The van der Waals surface area contributed by atoms with Crippen LogP contribution >= 0.6 is 23.1 Å². The molecule has 7 nitrogen and oxygen atoms in total. The van der Waals surface area contributed by atoms with Gasteiger partial charge in [0.2, 0.25) is 5.91 Å². The zero-order valence-electron chi connectivity index (χ0n) is 18.1. The third-order valence-electron chi connectivity index (χ3n) is 5.18. The van der Waals surface area contributed by atoms with Gasteiger partial charge in [0.1, 0.15) is 18.2 Å². The molecule has 1 aromatic heterocycles. The predicted molar refractivity (Wildman–Crippen MR) is 123 cm³/mol. The highest BCUT2D eigenvalue weighted by Crippen LogP contribution is 2.38. The molecule has 1 aromatic carbocycles. The Kier molecular flexibility index (Phi) is 6.13. The Balaban J connectivity index is 1.63. The van der Waals surface area contributed by atoms with Gasteiger partial charge in [-0.3, -0.25) is 24.1 Å². The van der Waals surface area contributed by atoms with Crippen LogP contribution in [0.2, 0.25) is 0 Å². The fourth-order valence-electron chi connectivity index (χ4n) is 3.83. The van der Waals surface area contributed by atoms with Crippen molar-refractivity contribution in [3.63, 3.8) is 0 Å². The quantitative estimate of drug-likeness (QED) is 0.501. The SMILES string of the molecule is CC(C)(C)OC(=O)CN1CC(c2cccs2)SCC(N2C(=O)c3ccccc3C2=O)C1=O. The van der Waals surface area contributed by atoms with Gasteiger partial charge in [0, 0.05) is 17.2 Å². The lowest BCUT2D eigenvalue weighted by atomic mass is 10.1. The number of esters is 1. The molecule has 2 aliphatic rings. The van der Waals surface area contributed by atoms with Crippen LogP contribution in [-0.2, 0) is 14.3 Å². The molecule has 2 unspecified atom stereocenters. The summed E-state index contributed by atoms with van der Waals surface area (Å²) in [6.45, 7) is 5.35. The second-order valence-electron chi connectivity index (χ2n) is 8.68. The van der Waals surface area contributed by atoms with E-state index in [0.717, 1.165) is 9.78 Å². The van der Waals surface area contributed by atoms with Crippen molar-refractivity contribution >= 4 is 46.8 Å². The minimum atomic E-state index is -0.986. The van der Waals surface area contributed by atoms with Crippen molar-refractivity contribution in [3.8, 4) is 0 Å². The van der Waals surface area contributed by atoms with Gasteiger partial charge >= 0.3 is 5.97 Å². The number of fused-ring (bicyclic) bond motifs is 1. The van der Waals surface area contributed by atoms with Crippen LogP contribution in [0, 0.1) is 0 Å². The van der Waals surface area contributed by atoms with Crippen LogP contribution in [0.15, 0.2) is 41.8 Å². The molecule has 1 saturated heterocycles. The standard InChI is InChI=1S/C23H24N2O5S2/c1-23(2,3)30-19(26)12-24-11-18(17-9-6-10-31-17)32-13-16(22(24)29)25-20(27)14-7-4-5-8-15(14)21(25)28/h4-10,16,18H,11-13H2,1-3H3. The number of hydrogen-bond acceptors (Lipinski definition) is 7. The molecular weight excluding hydrogens is 448 g/mol. The first kappa shape index (κ1) is 22.5. The molecule has 2 aliphatic heterocycles. The molecule has 3 heterocycles. The lowest BCUT2D eigenvalue weighted by Gasteiger charge is -2.29. The van der Waals surface area contributed by atoms with Gasteiger partial charge in [-0.15, -0.1) is 23.1 Å². The Morgan fingerprint density at radius 1 is 1.06 bits per heavy atom. The van der Waals surface area contributed by atoms with E-state index in [1.165, 1.54) is 16.7 Å². The molecule has 168 valence electrons. The van der Waals surface area contributed by atoms with Crippen molar-refractivity contribution in [2.75, 3.05) is 18.8 Å². The van der Waals surface area contributed by atoms with Crippen LogP contribution in [0.1, 0.15) is 51.6 Å². The second kappa shape index (κ2) is 8.71. The molecular formula is C23H24N2O5S2. The van der Waals surface area contributed by atoms with Gasteiger partial charge in [0.05, 0.1) is 16.4 Å². The number of nitrogens with zero attached hydrogens (tertiary/aromatic N) is 2. The second-order valence-corrected chi connectivity index (χ2v) is 10.9. The molecule has 32 heavy (non-hydrogen) atoms. The number of carbonyl (C=O) groups is 4. The first-order valence-corrected chi connectivity index (χ1v) is 12.2. The van der Waals surface area contributed by atoms with Crippen molar-refractivity contribution in [1.29, 1.82) is 0 Å². The van der Waals surface area contributed by atoms with E-state index in [-0.39, 0.29) is 17.5 Å². The van der Waals surface area contributed by atoms with Gasteiger partial charge in [-0.2, -0.15) is 0 Å². The maximum absolute atomic E-state index is 13.6. The van der Waals surface area contributed by atoms with Crippen LogP contribution in [-0.4, -0.2) is 64.0 Å². The fourth-order valence-corrected chi connectivity index (χ4v) is 6.13. The lowest BCUT2D eigenvalue weighted by molar-refractivity contribution is -0.159. The van der Waals surface area contributed by atoms with Gasteiger partial charge in [0.25, 0.3) is 11.8 Å². The summed E-state index contributed by atoms with van der Waals surface area (Å²) in [7, 11) is 0. The van der Waals surface area contributed by atoms with E-state index in [1.807, 2.05) is 17.5 Å². The highest BCUT2D eigenvalue weighted by atomic mass is 32.2. The van der Waals surface area contributed by atoms with Crippen molar-refractivity contribution in [3.05, 3.63) is 57.8 Å². The third-order valence-corrected chi connectivity index (χ3v) is 7.62. The summed E-state index contributed by atoms with van der Waals surface area (Å²) < 4.78 is 5.42. The predicted octanol–water partition coefficient (Wildman–Crippen LogP) is 3.37. The van der Waals surface area contributed by atoms with E-state index in [2.05, 4.69) is 0 Å². The molecule has 0 N–H and O–H groups in total.